The minimum atomic E-state index is -0.597. The van der Waals surface area contributed by atoms with Crippen LogP contribution < -0.4 is 0 Å². The lowest BCUT2D eigenvalue weighted by atomic mass is 9.96. The number of hydrogen-bond donors (Lipinski definition) is 0. The molecule has 0 saturated carbocycles. The van der Waals surface area contributed by atoms with E-state index in [0.29, 0.717) is 5.56 Å². The minimum absolute atomic E-state index is 0.0774. The molecule has 23 heavy (non-hydrogen) atoms. The molecule has 0 amide bonds. The Bertz CT molecular complexity index is 1370. The summed E-state index contributed by atoms with van der Waals surface area (Å²) in [4.78, 5) is 0. The van der Waals surface area contributed by atoms with Gasteiger partial charge in [-0.15, -0.1) is 0 Å². The molecule has 0 N–H and O–H groups in total. The van der Waals surface area contributed by atoms with Crippen LogP contribution in [0, 0.1) is 0 Å². The van der Waals surface area contributed by atoms with Crippen LogP contribution in [0.4, 0.5) is 0 Å². The monoisotopic (exact) mass is 367 g/mol. The topological polar surface area (TPSA) is 0 Å². The van der Waals surface area contributed by atoms with Crippen molar-refractivity contribution in [3.8, 4) is 22.3 Å². The second-order valence-electron chi connectivity index (χ2n) is 4.89. The summed E-state index contributed by atoms with van der Waals surface area (Å²) in [6.45, 7) is 0. The summed E-state index contributed by atoms with van der Waals surface area (Å²) in [5.41, 5.74) is -0.0908. The number of hydrogen-bond acceptors (Lipinski definition) is 0. The molecule has 1 heteroatoms. The van der Waals surface area contributed by atoms with Gasteiger partial charge in [-0.2, -0.15) is 0 Å². The van der Waals surface area contributed by atoms with E-state index in [2.05, 4.69) is 15.9 Å². The van der Waals surface area contributed by atoms with Crippen LogP contribution in [-0.4, -0.2) is 0 Å². The van der Waals surface area contributed by atoms with Crippen LogP contribution in [0.2, 0.25) is 0 Å². The molecule has 0 spiro atoms. The van der Waals surface area contributed by atoms with Crippen molar-refractivity contribution in [1.29, 1.82) is 0 Å². The van der Waals surface area contributed by atoms with Crippen molar-refractivity contribution < 1.29 is 12.3 Å². The molecule has 0 radical (unpaired) electrons. The highest BCUT2D eigenvalue weighted by Gasteiger charge is 2.07. The van der Waals surface area contributed by atoms with Crippen molar-refractivity contribution in [1.82, 2.24) is 0 Å². The quantitative estimate of drug-likeness (QED) is 0.360. The van der Waals surface area contributed by atoms with Crippen LogP contribution in [0.25, 0.3) is 33.0 Å². The fraction of sp³-hybridized carbons (Fsp3) is 0. The van der Waals surface area contributed by atoms with Gasteiger partial charge in [0.05, 0.1) is 12.3 Å². The zero-order valence-electron chi connectivity index (χ0n) is 20.8. The maximum Gasteiger partial charge on any atom is 0.0629 e. The van der Waals surface area contributed by atoms with Crippen molar-refractivity contribution in [2.75, 3.05) is 0 Å². The molecule has 0 heterocycles. The largest absolute Gasteiger partial charge is 0.0629 e. The van der Waals surface area contributed by atoms with Gasteiger partial charge in [0.25, 0.3) is 0 Å². The van der Waals surface area contributed by atoms with E-state index in [1.165, 1.54) is 0 Å². The van der Waals surface area contributed by atoms with Crippen LogP contribution in [-0.2, 0) is 0 Å². The summed E-state index contributed by atoms with van der Waals surface area (Å²) < 4.78 is 75.1. The smallest absolute Gasteiger partial charge is 0.0622 e. The second kappa shape index (κ2) is 6.02. The fourth-order valence-corrected chi connectivity index (χ4v) is 3.05. The third-order valence-corrected chi connectivity index (χ3v) is 4.16. The molecule has 0 aromatic heterocycles. The van der Waals surface area contributed by atoms with Gasteiger partial charge in [0.2, 0.25) is 0 Å². The van der Waals surface area contributed by atoms with E-state index in [-0.39, 0.29) is 28.8 Å². The van der Waals surface area contributed by atoms with Crippen molar-refractivity contribution in [3.05, 3.63) is 95.3 Å². The molecule has 4 aromatic rings. The number of benzene rings is 4. The Morgan fingerprint density at radius 2 is 1.26 bits per heavy atom. The maximum atomic E-state index is 8.64. The highest BCUT2D eigenvalue weighted by atomic mass is 79.9. The van der Waals surface area contributed by atoms with Crippen LogP contribution >= 0.6 is 15.9 Å². The molecule has 0 saturated heterocycles. The molecule has 0 nitrogen and oxygen atoms in total. The van der Waals surface area contributed by atoms with Crippen molar-refractivity contribution in [3.63, 3.8) is 0 Å². The van der Waals surface area contributed by atoms with E-state index in [4.69, 9.17) is 12.3 Å². The lowest BCUT2D eigenvalue weighted by Gasteiger charge is -2.10. The Balaban J connectivity index is 2.12. The van der Waals surface area contributed by atoms with Gasteiger partial charge in [-0.1, -0.05) is 101 Å². The molecular weight excluding hydrogens is 344 g/mol. The maximum absolute atomic E-state index is 8.64. The molecule has 4 aromatic carbocycles. The average Bonchev–Trinajstić information content (AvgIpc) is 2.77. The van der Waals surface area contributed by atoms with Crippen LogP contribution in [0.3, 0.4) is 0 Å². The van der Waals surface area contributed by atoms with Crippen LogP contribution in [0.15, 0.2) is 95.3 Å². The summed E-state index contributed by atoms with van der Waals surface area (Å²) in [5.74, 6) is 0. The average molecular weight is 368 g/mol. The van der Waals surface area contributed by atoms with Gasteiger partial charge in [-0.25, -0.2) is 0 Å². The summed E-state index contributed by atoms with van der Waals surface area (Å²) in [6.07, 6.45) is 0. The summed E-state index contributed by atoms with van der Waals surface area (Å²) in [6, 6.07) is 6.34. The minimum Gasteiger partial charge on any atom is -0.0622 e. The zero-order valence-corrected chi connectivity index (χ0v) is 13.4. The van der Waals surface area contributed by atoms with Gasteiger partial charge in [0, 0.05) is 9.86 Å². The van der Waals surface area contributed by atoms with Gasteiger partial charge in [-0.3, -0.25) is 0 Å². The highest BCUT2D eigenvalue weighted by Crippen LogP contribution is 2.34. The fourth-order valence-electron chi connectivity index (χ4n) is 2.45. The van der Waals surface area contributed by atoms with Gasteiger partial charge in [0.1, 0.15) is 0 Å². The van der Waals surface area contributed by atoms with Gasteiger partial charge >= 0.3 is 0 Å². The second-order valence-corrected chi connectivity index (χ2v) is 5.75. The number of fused-ring (bicyclic) bond motifs is 1. The first-order chi connectivity index (χ1) is 15.1. The first kappa shape index (κ1) is 7.46. The molecule has 0 fully saturated rings. The molecular formula is C22H15Br. The third kappa shape index (κ3) is 2.69. The molecule has 4 rings (SSSR count). The first-order valence-corrected chi connectivity index (χ1v) is 7.72. The number of rotatable bonds is 2. The Morgan fingerprint density at radius 1 is 0.652 bits per heavy atom. The van der Waals surface area contributed by atoms with E-state index in [0.717, 1.165) is 15.2 Å². The summed E-state index contributed by atoms with van der Waals surface area (Å²) >= 11 is 3.50. The van der Waals surface area contributed by atoms with E-state index >= 15 is 0 Å². The number of halogens is 1. The Labute approximate surface area is 157 Å². The molecule has 0 bridgehead atoms. The molecule has 0 atom stereocenters. The lowest BCUT2D eigenvalue weighted by molar-refractivity contribution is 1.60. The predicted molar refractivity (Wildman–Crippen MR) is 103 cm³/mol. The van der Waals surface area contributed by atoms with E-state index < -0.39 is 42.3 Å². The van der Waals surface area contributed by atoms with Gasteiger partial charge < -0.3 is 0 Å². The van der Waals surface area contributed by atoms with Crippen molar-refractivity contribution in [2.45, 2.75) is 0 Å². The summed E-state index contributed by atoms with van der Waals surface area (Å²) in [5, 5.41) is 1.58. The summed E-state index contributed by atoms with van der Waals surface area (Å²) in [7, 11) is 0. The molecule has 0 aliphatic rings. The standard InChI is InChI=1S/C22H15Br/c23-21-11-5-9-19-8-4-10-20(22(19)21)18-14-12-17(13-15-18)16-6-2-1-3-7-16/h1-15H/i1D,2D,3D,6D,7D,12D,13D,14D,15D. The van der Waals surface area contributed by atoms with Crippen LogP contribution in [0.1, 0.15) is 12.3 Å². The van der Waals surface area contributed by atoms with Gasteiger partial charge in [0.15, 0.2) is 0 Å². The molecule has 0 aliphatic carbocycles. The SMILES string of the molecule is [2H]c1c([2H])c([2H])c(-c2c([2H])c([2H])c(-c3cccc4cccc(Br)c34)c([2H])c2[2H])c([2H])c1[2H]. The lowest BCUT2D eigenvalue weighted by Crippen LogP contribution is -1.84. The van der Waals surface area contributed by atoms with Crippen molar-refractivity contribution in [2.24, 2.45) is 0 Å². The normalized spacial score (nSPS) is 16.3. The van der Waals surface area contributed by atoms with E-state index in [1.54, 1.807) is 12.1 Å². The van der Waals surface area contributed by atoms with Crippen LogP contribution in [0.5, 0.6) is 0 Å². The highest BCUT2D eigenvalue weighted by molar-refractivity contribution is 9.10. The Morgan fingerprint density at radius 3 is 2.00 bits per heavy atom. The Kier molecular flexibility index (Phi) is 1.95. The van der Waals surface area contributed by atoms with Crippen molar-refractivity contribution >= 4 is 26.7 Å². The first-order valence-electron chi connectivity index (χ1n) is 11.4. The molecule has 0 aliphatic heterocycles. The van der Waals surface area contributed by atoms with E-state index in [9.17, 15) is 0 Å². The third-order valence-electron chi connectivity index (χ3n) is 3.50. The van der Waals surface area contributed by atoms with Gasteiger partial charge in [-0.05, 0) is 33.7 Å². The molecule has 0 unspecified atom stereocenters. The Hall–Kier alpha value is -2.38. The van der Waals surface area contributed by atoms with E-state index in [1.807, 2.05) is 24.3 Å². The molecule has 110 valence electrons. The predicted octanol–water partition coefficient (Wildman–Crippen LogP) is 6.94. The zero-order chi connectivity index (χ0) is 23.5.